The summed E-state index contributed by atoms with van der Waals surface area (Å²) in [7, 11) is 0. The highest BCUT2D eigenvalue weighted by Gasteiger charge is 2.31. The van der Waals surface area contributed by atoms with Crippen LogP contribution >= 0.6 is 0 Å². The molecule has 2 aliphatic carbocycles. The maximum Gasteiger partial charge on any atom is 0.0303 e. The Kier molecular flexibility index (Phi) is 1.88. The lowest BCUT2D eigenvalue weighted by Crippen LogP contribution is -2.05. The number of benzene rings is 1. The fourth-order valence-corrected chi connectivity index (χ4v) is 3.19. The third-order valence-corrected chi connectivity index (χ3v) is 3.83. The molecule has 1 aromatic carbocycles. The second kappa shape index (κ2) is 3.09. The Labute approximate surface area is 85.3 Å². The minimum Gasteiger partial charge on any atom is -0.324 e. The summed E-state index contributed by atoms with van der Waals surface area (Å²) >= 11 is 0. The van der Waals surface area contributed by atoms with Gasteiger partial charge in [0.2, 0.25) is 0 Å². The fraction of sp³-hybridized carbons (Fsp3) is 0.538. The van der Waals surface area contributed by atoms with E-state index in [-0.39, 0.29) is 0 Å². The van der Waals surface area contributed by atoms with E-state index in [1.165, 1.54) is 37.7 Å². The van der Waals surface area contributed by atoms with Crippen molar-refractivity contribution in [3.05, 3.63) is 34.9 Å². The smallest absolute Gasteiger partial charge is 0.0303 e. The standard InChI is InChI=1S/C13H17N/c14-12-8-10-5-2-1-4-9-6-3-7-11(12)13(9)10/h3,6-7,10,12H,1-2,4-5,8,14H2. The third-order valence-electron chi connectivity index (χ3n) is 3.83. The normalized spacial score (nSPS) is 29.8. The Balaban J connectivity index is 2.17. The van der Waals surface area contributed by atoms with E-state index < -0.39 is 0 Å². The molecule has 0 fully saturated rings. The zero-order valence-corrected chi connectivity index (χ0v) is 8.50. The van der Waals surface area contributed by atoms with Crippen molar-refractivity contribution < 1.29 is 0 Å². The van der Waals surface area contributed by atoms with Crippen LogP contribution in [0.4, 0.5) is 0 Å². The molecule has 0 aromatic heterocycles. The van der Waals surface area contributed by atoms with Crippen LogP contribution in [0.3, 0.4) is 0 Å². The molecule has 0 bridgehead atoms. The van der Waals surface area contributed by atoms with Gasteiger partial charge in [-0.3, -0.25) is 0 Å². The van der Waals surface area contributed by atoms with E-state index in [0.29, 0.717) is 6.04 Å². The Morgan fingerprint density at radius 2 is 2.14 bits per heavy atom. The van der Waals surface area contributed by atoms with Gasteiger partial charge in [0, 0.05) is 6.04 Å². The second-order valence-electron chi connectivity index (χ2n) is 4.70. The topological polar surface area (TPSA) is 26.0 Å². The van der Waals surface area contributed by atoms with Crippen molar-refractivity contribution in [3.63, 3.8) is 0 Å². The molecule has 0 spiro atoms. The molecule has 0 aliphatic heterocycles. The van der Waals surface area contributed by atoms with Gasteiger partial charge < -0.3 is 5.73 Å². The molecule has 1 aromatic rings. The predicted octanol–water partition coefficient (Wildman–Crippen LogP) is 2.90. The number of hydrogen-bond acceptors (Lipinski definition) is 1. The first-order chi connectivity index (χ1) is 6.86. The lowest BCUT2D eigenvalue weighted by molar-refractivity contribution is 0.548. The zero-order valence-electron chi connectivity index (χ0n) is 8.50. The largest absolute Gasteiger partial charge is 0.324 e. The molecular formula is C13H17N. The van der Waals surface area contributed by atoms with Gasteiger partial charge in [0.25, 0.3) is 0 Å². The molecule has 0 saturated carbocycles. The molecule has 3 rings (SSSR count). The zero-order chi connectivity index (χ0) is 9.54. The summed E-state index contributed by atoms with van der Waals surface area (Å²) in [6, 6.07) is 7.03. The van der Waals surface area contributed by atoms with E-state index in [1.807, 2.05) is 0 Å². The van der Waals surface area contributed by atoms with E-state index in [2.05, 4.69) is 18.2 Å². The highest BCUT2D eigenvalue weighted by Crippen LogP contribution is 2.45. The van der Waals surface area contributed by atoms with E-state index in [0.717, 1.165) is 5.92 Å². The number of hydrogen-bond donors (Lipinski definition) is 1. The molecule has 0 radical (unpaired) electrons. The maximum atomic E-state index is 6.16. The molecular weight excluding hydrogens is 170 g/mol. The molecule has 1 heteroatoms. The highest BCUT2D eigenvalue weighted by molar-refractivity contribution is 5.44. The summed E-state index contributed by atoms with van der Waals surface area (Å²) in [6.07, 6.45) is 6.56. The minimum absolute atomic E-state index is 0.313. The average Bonchev–Trinajstić information content (AvgIpc) is 2.41. The van der Waals surface area contributed by atoms with Crippen molar-refractivity contribution in [2.24, 2.45) is 5.73 Å². The molecule has 2 N–H and O–H groups in total. The van der Waals surface area contributed by atoms with Crippen LogP contribution in [-0.4, -0.2) is 0 Å². The fourth-order valence-electron chi connectivity index (χ4n) is 3.19. The summed E-state index contributed by atoms with van der Waals surface area (Å²) in [4.78, 5) is 0. The first-order valence-electron chi connectivity index (χ1n) is 5.73. The summed E-state index contributed by atoms with van der Waals surface area (Å²) in [5.41, 5.74) is 10.8. The molecule has 2 unspecified atom stereocenters. The van der Waals surface area contributed by atoms with Crippen LogP contribution in [0.5, 0.6) is 0 Å². The van der Waals surface area contributed by atoms with E-state index in [9.17, 15) is 0 Å². The summed E-state index contributed by atoms with van der Waals surface area (Å²) in [6.45, 7) is 0. The molecule has 0 saturated heterocycles. The average molecular weight is 187 g/mol. The minimum atomic E-state index is 0.313. The molecule has 14 heavy (non-hydrogen) atoms. The van der Waals surface area contributed by atoms with Gasteiger partial charge in [-0.25, -0.2) is 0 Å². The van der Waals surface area contributed by atoms with Crippen molar-refractivity contribution in [1.29, 1.82) is 0 Å². The van der Waals surface area contributed by atoms with E-state index in [1.54, 1.807) is 11.1 Å². The first kappa shape index (κ1) is 8.49. The van der Waals surface area contributed by atoms with E-state index >= 15 is 0 Å². The summed E-state index contributed by atoms with van der Waals surface area (Å²) in [5.74, 6) is 0.777. The van der Waals surface area contributed by atoms with Crippen LogP contribution in [0.25, 0.3) is 0 Å². The van der Waals surface area contributed by atoms with E-state index in [4.69, 9.17) is 5.73 Å². The first-order valence-corrected chi connectivity index (χ1v) is 5.73. The van der Waals surface area contributed by atoms with Crippen molar-refractivity contribution in [1.82, 2.24) is 0 Å². The number of aryl methyl sites for hydroxylation is 1. The van der Waals surface area contributed by atoms with Crippen LogP contribution in [0.2, 0.25) is 0 Å². The quantitative estimate of drug-likeness (QED) is 0.664. The molecule has 2 aliphatic rings. The summed E-state index contributed by atoms with van der Waals surface area (Å²) in [5, 5.41) is 0. The van der Waals surface area contributed by atoms with Gasteiger partial charge in [0.15, 0.2) is 0 Å². The Morgan fingerprint density at radius 3 is 3.07 bits per heavy atom. The van der Waals surface area contributed by atoms with Gasteiger partial charge in [0.1, 0.15) is 0 Å². The van der Waals surface area contributed by atoms with Crippen LogP contribution in [-0.2, 0) is 6.42 Å². The third kappa shape index (κ3) is 1.12. The van der Waals surface area contributed by atoms with Crippen molar-refractivity contribution >= 4 is 0 Å². The van der Waals surface area contributed by atoms with Crippen LogP contribution in [0, 0.1) is 0 Å². The second-order valence-corrected chi connectivity index (χ2v) is 4.70. The predicted molar refractivity (Wildman–Crippen MR) is 58.3 cm³/mol. The molecule has 0 amide bonds. The van der Waals surface area contributed by atoms with Crippen molar-refractivity contribution in [2.45, 2.75) is 44.1 Å². The Hall–Kier alpha value is -0.820. The summed E-state index contributed by atoms with van der Waals surface area (Å²) < 4.78 is 0. The van der Waals surface area contributed by atoms with Gasteiger partial charge in [-0.15, -0.1) is 0 Å². The molecule has 0 heterocycles. The van der Waals surface area contributed by atoms with Crippen LogP contribution in [0.15, 0.2) is 18.2 Å². The van der Waals surface area contributed by atoms with Crippen molar-refractivity contribution in [3.8, 4) is 0 Å². The highest BCUT2D eigenvalue weighted by atomic mass is 14.7. The van der Waals surface area contributed by atoms with Crippen molar-refractivity contribution in [2.75, 3.05) is 0 Å². The molecule has 2 atom stereocenters. The van der Waals surface area contributed by atoms with Gasteiger partial charge in [0.05, 0.1) is 0 Å². The lowest BCUT2D eigenvalue weighted by Gasteiger charge is -2.10. The van der Waals surface area contributed by atoms with Crippen LogP contribution < -0.4 is 5.73 Å². The van der Waals surface area contributed by atoms with Gasteiger partial charge in [-0.05, 0) is 48.3 Å². The Morgan fingerprint density at radius 1 is 1.21 bits per heavy atom. The number of nitrogens with two attached hydrogens (primary N) is 1. The van der Waals surface area contributed by atoms with Gasteiger partial charge >= 0.3 is 0 Å². The SMILES string of the molecule is NC1CC2CCCCc3cccc1c32. The Bertz CT molecular complexity index is 356. The van der Waals surface area contributed by atoms with Crippen LogP contribution in [0.1, 0.15) is 54.3 Å². The maximum absolute atomic E-state index is 6.16. The van der Waals surface area contributed by atoms with Gasteiger partial charge in [-0.2, -0.15) is 0 Å². The lowest BCUT2D eigenvalue weighted by atomic mass is 9.95. The van der Waals surface area contributed by atoms with Gasteiger partial charge in [-0.1, -0.05) is 24.6 Å². The molecule has 74 valence electrons. The molecule has 1 nitrogen and oxygen atoms in total. The monoisotopic (exact) mass is 187 g/mol. The number of rotatable bonds is 0.